The van der Waals surface area contributed by atoms with Crippen LogP contribution in [0.5, 0.6) is 0 Å². The SMILES string of the molecule is CN([11CH3])Cc1ccccc1Sc1ccc(CO)cc1N. The number of rotatable bonds is 5. The molecule has 0 saturated carbocycles. The molecular formula is C16H20N2OS. The molecule has 0 heterocycles. The Bertz CT molecular complexity index is 584. The Balaban J connectivity index is 2.26. The van der Waals surface area contributed by atoms with Crippen LogP contribution in [-0.4, -0.2) is 24.1 Å². The van der Waals surface area contributed by atoms with Crippen molar-refractivity contribution in [3.05, 3.63) is 53.6 Å². The van der Waals surface area contributed by atoms with Gasteiger partial charge in [0, 0.05) is 22.0 Å². The van der Waals surface area contributed by atoms with Crippen LogP contribution in [0.3, 0.4) is 0 Å². The first kappa shape index (κ1) is 14.9. The number of nitrogens with zero attached hydrogens (tertiary/aromatic N) is 1. The average molecular weight is 287 g/mol. The van der Waals surface area contributed by atoms with Crippen LogP contribution >= 0.6 is 11.8 Å². The summed E-state index contributed by atoms with van der Waals surface area (Å²) in [6.45, 7) is 0.921. The van der Waals surface area contributed by atoms with Crippen LogP contribution in [0.25, 0.3) is 0 Å². The zero-order valence-electron chi connectivity index (χ0n) is 11.8. The molecule has 20 heavy (non-hydrogen) atoms. The number of hydrogen-bond donors (Lipinski definition) is 2. The van der Waals surface area contributed by atoms with Crippen molar-refractivity contribution in [1.82, 2.24) is 4.90 Å². The second-order valence-corrected chi connectivity index (χ2v) is 6.06. The van der Waals surface area contributed by atoms with E-state index >= 15 is 0 Å². The highest BCUT2D eigenvalue weighted by atomic mass is 32.2. The lowest BCUT2D eigenvalue weighted by Crippen LogP contribution is -2.11. The Hall–Kier alpha value is -1.49. The van der Waals surface area contributed by atoms with Crippen LogP contribution in [0.2, 0.25) is 0 Å². The molecule has 2 aromatic rings. The van der Waals surface area contributed by atoms with Crippen LogP contribution in [0.1, 0.15) is 11.1 Å². The van der Waals surface area contributed by atoms with Crippen molar-refractivity contribution in [3.63, 3.8) is 0 Å². The van der Waals surface area contributed by atoms with E-state index in [-0.39, 0.29) is 6.61 Å². The smallest absolute Gasteiger partial charge is 0.0682 e. The molecule has 0 radical (unpaired) electrons. The second-order valence-electron chi connectivity index (χ2n) is 4.98. The first-order valence-electron chi connectivity index (χ1n) is 6.50. The van der Waals surface area contributed by atoms with Gasteiger partial charge in [-0.15, -0.1) is 0 Å². The molecule has 2 rings (SSSR count). The van der Waals surface area contributed by atoms with Crippen LogP contribution in [0.4, 0.5) is 5.69 Å². The highest BCUT2D eigenvalue weighted by Crippen LogP contribution is 2.34. The van der Waals surface area contributed by atoms with Gasteiger partial charge in [-0.3, -0.25) is 0 Å². The van der Waals surface area contributed by atoms with Crippen molar-refractivity contribution in [2.24, 2.45) is 0 Å². The molecule has 3 N–H and O–H groups in total. The average Bonchev–Trinajstić information content (AvgIpc) is 2.42. The maximum Gasteiger partial charge on any atom is 0.0682 e. The Kier molecular flexibility index (Phi) is 5.06. The van der Waals surface area contributed by atoms with E-state index in [9.17, 15) is 0 Å². The van der Waals surface area contributed by atoms with Crippen LogP contribution < -0.4 is 5.73 Å². The molecule has 0 unspecified atom stereocenters. The monoisotopic (exact) mass is 287 g/mol. The third-order valence-corrected chi connectivity index (χ3v) is 4.15. The molecule has 106 valence electrons. The van der Waals surface area contributed by atoms with E-state index in [0.29, 0.717) is 5.69 Å². The summed E-state index contributed by atoms with van der Waals surface area (Å²) < 4.78 is 0. The van der Waals surface area contributed by atoms with Gasteiger partial charge in [0.1, 0.15) is 0 Å². The van der Waals surface area contributed by atoms with Crippen molar-refractivity contribution >= 4 is 17.4 Å². The van der Waals surface area contributed by atoms with Gasteiger partial charge in [0.15, 0.2) is 0 Å². The predicted octanol–water partition coefficient (Wildman–Crippen LogP) is 2.97. The van der Waals surface area contributed by atoms with E-state index in [0.717, 1.165) is 17.0 Å². The number of anilines is 1. The zero-order valence-corrected chi connectivity index (χ0v) is 12.7. The van der Waals surface area contributed by atoms with Gasteiger partial charge in [0.2, 0.25) is 0 Å². The number of benzene rings is 2. The normalized spacial score (nSPS) is 11.0. The summed E-state index contributed by atoms with van der Waals surface area (Å²) in [4.78, 5) is 4.38. The molecule has 3 nitrogen and oxygen atoms in total. The molecule has 0 spiro atoms. The zero-order chi connectivity index (χ0) is 14.5. The van der Waals surface area contributed by atoms with E-state index in [2.05, 4.69) is 37.2 Å². The standard InChI is InChI=1S/C16H20N2OS/c1-18(2)10-13-5-3-4-6-15(13)20-16-8-7-12(11-19)9-14(16)17/h3-9,19H,10-11,17H2,1-2H3/i1-1. The first-order chi connectivity index (χ1) is 9.60. The third-order valence-electron chi connectivity index (χ3n) is 2.94. The van der Waals surface area contributed by atoms with Gasteiger partial charge in [-0.2, -0.15) is 0 Å². The highest BCUT2D eigenvalue weighted by Gasteiger charge is 2.07. The van der Waals surface area contributed by atoms with E-state index in [1.807, 2.05) is 24.3 Å². The predicted molar refractivity (Wildman–Crippen MR) is 84.7 cm³/mol. The molecule has 0 saturated heterocycles. The van der Waals surface area contributed by atoms with Crippen LogP contribution in [0.15, 0.2) is 52.3 Å². The fourth-order valence-corrected chi connectivity index (χ4v) is 2.94. The van der Waals surface area contributed by atoms with Crippen LogP contribution in [-0.2, 0) is 13.2 Å². The molecule has 0 fully saturated rings. The summed E-state index contributed by atoms with van der Waals surface area (Å²) in [6, 6.07) is 14.1. The Morgan fingerprint density at radius 1 is 1.10 bits per heavy atom. The van der Waals surface area contributed by atoms with Gasteiger partial charge in [-0.25, -0.2) is 0 Å². The fourth-order valence-electron chi connectivity index (χ4n) is 1.98. The lowest BCUT2D eigenvalue weighted by atomic mass is 10.2. The van der Waals surface area contributed by atoms with E-state index in [4.69, 9.17) is 10.8 Å². The molecular weight excluding hydrogens is 267 g/mol. The molecule has 0 amide bonds. The molecule has 0 atom stereocenters. The maximum absolute atomic E-state index is 9.12. The summed E-state index contributed by atoms with van der Waals surface area (Å²) >= 11 is 1.67. The van der Waals surface area contributed by atoms with Crippen LogP contribution in [0, 0.1) is 0 Å². The minimum Gasteiger partial charge on any atom is -0.398 e. The van der Waals surface area contributed by atoms with E-state index in [1.165, 1.54) is 10.5 Å². The summed E-state index contributed by atoms with van der Waals surface area (Å²) in [6.07, 6.45) is 0. The van der Waals surface area contributed by atoms with Crippen molar-refractivity contribution in [3.8, 4) is 0 Å². The van der Waals surface area contributed by atoms with Gasteiger partial charge in [-0.05, 0) is 43.4 Å². The second kappa shape index (κ2) is 6.79. The van der Waals surface area contributed by atoms with Gasteiger partial charge < -0.3 is 15.7 Å². The Morgan fingerprint density at radius 2 is 1.85 bits per heavy atom. The Morgan fingerprint density at radius 3 is 2.50 bits per heavy atom. The molecule has 4 heteroatoms. The lowest BCUT2D eigenvalue weighted by molar-refractivity contribution is 0.282. The van der Waals surface area contributed by atoms with Crippen molar-refractivity contribution in [1.29, 1.82) is 0 Å². The van der Waals surface area contributed by atoms with Gasteiger partial charge in [-0.1, -0.05) is 36.0 Å². The van der Waals surface area contributed by atoms with E-state index in [1.54, 1.807) is 11.8 Å². The summed E-state index contributed by atoms with van der Waals surface area (Å²) in [5.41, 5.74) is 8.89. The largest absolute Gasteiger partial charge is 0.398 e. The number of aliphatic hydroxyl groups excluding tert-OH is 1. The maximum atomic E-state index is 9.12. The fraction of sp³-hybridized carbons (Fsp3) is 0.250. The third kappa shape index (κ3) is 3.76. The van der Waals surface area contributed by atoms with Gasteiger partial charge in [0.05, 0.1) is 6.61 Å². The highest BCUT2D eigenvalue weighted by molar-refractivity contribution is 7.99. The van der Waals surface area contributed by atoms with Crippen molar-refractivity contribution in [2.45, 2.75) is 22.9 Å². The van der Waals surface area contributed by atoms with Gasteiger partial charge >= 0.3 is 0 Å². The number of nitrogens with two attached hydrogens (primary N) is 1. The minimum absolute atomic E-state index is 0.0202. The van der Waals surface area contributed by atoms with Crippen molar-refractivity contribution in [2.75, 3.05) is 19.8 Å². The first-order valence-corrected chi connectivity index (χ1v) is 7.31. The molecule has 0 aliphatic carbocycles. The molecule has 0 aliphatic rings. The molecule has 0 aromatic heterocycles. The quantitative estimate of drug-likeness (QED) is 0.830. The summed E-state index contributed by atoms with van der Waals surface area (Å²) in [5, 5.41) is 9.12. The lowest BCUT2D eigenvalue weighted by Gasteiger charge is -2.14. The Labute approximate surface area is 124 Å². The van der Waals surface area contributed by atoms with E-state index < -0.39 is 0 Å². The molecule has 2 aromatic carbocycles. The molecule has 0 aliphatic heterocycles. The van der Waals surface area contributed by atoms with Gasteiger partial charge in [0.25, 0.3) is 0 Å². The van der Waals surface area contributed by atoms with Crippen molar-refractivity contribution < 1.29 is 5.11 Å². The summed E-state index contributed by atoms with van der Waals surface area (Å²) in [7, 11) is 4.12. The minimum atomic E-state index is 0.0202. The number of aliphatic hydroxyl groups is 1. The summed E-state index contributed by atoms with van der Waals surface area (Å²) in [5.74, 6) is 0. The number of nitrogen functional groups attached to an aromatic ring is 1. The molecule has 0 bridgehead atoms. The topological polar surface area (TPSA) is 49.5 Å². The number of hydrogen-bond acceptors (Lipinski definition) is 4.